The summed E-state index contributed by atoms with van der Waals surface area (Å²) in [5, 5.41) is 0.362. The van der Waals surface area contributed by atoms with Crippen LogP contribution in [-0.2, 0) is 4.79 Å². The zero-order chi connectivity index (χ0) is 17.8. The molecule has 128 valence electrons. The van der Waals surface area contributed by atoms with Gasteiger partial charge in [-0.2, -0.15) is 0 Å². The number of carbonyl (C=O) groups excluding carboxylic acids is 1. The van der Waals surface area contributed by atoms with Gasteiger partial charge in [0.25, 0.3) is 0 Å². The maximum atomic E-state index is 12.5. The summed E-state index contributed by atoms with van der Waals surface area (Å²) in [7, 11) is 1.57. The molecule has 0 saturated heterocycles. The summed E-state index contributed by atoms with van der Waals surface area (Å²) in [6.07, 6.45) is 1.25. The van der Waals surface area contributed by atoms with E-state index in [-0.39, 0.29) is 23.6 Å². The van der Waals surface area contributed by atoms with E-state index in [0.717, 1.165) is 0 Å². The van der Waals surface area contributed by atoms with Crippen LogP contribution in [0.25, 0.3) is 11.0 Å². The second-order valence-corrected chi connectivity index (χ2v) is 5.36. The molecule has 1 aromatic heterocycles. The lowest BCUT2D eigenvalue weighted by Gasteiger charge is -2.08. The standard InChI is InChI=1S/C19H16O6/c1-12(20)10-23-15-7-8-16-17(9-15)24-11-18(19(16)21)25-14-5-3-13(22-2)4-6-14/h3-9,11H,10H2,1-2H3. The van der Waals surface area contributed by atoms with Crippen LogP contribution in [0.3, 0.4) is 0 Å². The Balaban J connectivity index is 1.87. The maximum Gasteiger partial charge on any atom is 0.235 e. The zero-order valence-electron chi connectivity index (χ0n) is 13.8. The summed E-state index contributed by atoms with van der Waals surface area (Å²) in [5.74, 6) is 1.62. The minimum atomic E-state index is -0.296. The van der Waals surface area contributed by atoms with Crippen molar-refractivity contribution in [3.63, 3.8) is 0 Å². The summed E-state index contributed by atoms with van der Waals surface area (Å²) in [6.45, 7) is 1.40. The highest BCUT2D eigenvalue weighted by Gasteiger charge is 2.10. The predicted molar refractivity (Wildman–Crippen MR) is 91.7 cm³/mol. The molecule has 3 rings (SSSR count). The first-order chi connectivity index (χ1) is 12.1. The van der Waals surface area contributed by atoms with Gasteiger partial charge in [0.1, 0.15) is 35.7 Å². The lowest BCUT2D eigenvalue weighted by atomic mass is 10.2. The number of hydrogen-bond acceptors (Lipinski definition) is 6. The van der Waals surface area contributed by atoms with Gasteiger partial charge in [-0.3, -0.25) is 9.59 Å². The third-order valence-corrected chi connectivity index (χ3v) is 3.44. The van der Waals surface area contributed by atoms with Crippen molar-refractivity contribution >= 4 is 16.8 Å². The minimum absolute atomic E-state index is 0.0333. The van der Waals surface area contributed by atoms with Crippen LogP contribution < -0.4 is 19.6 Å². The highest BCUT2D eigenvalue weighted by molar-refractivity contribution is 5.80. The molecule has 0 aliphatic carbocycles. The van der Waals surface area contributed by atoms with E-state index in [1.165, 1.54) is 13.2 Å². The normalized spacial score (nSPS) is 10.5. The van der Waals surface area contributed by atoms with Crippen molar-refractivity contribution in [2.75, 3.05) is 13.7 Å². The Bertz CT molecular complexity index is 956. The molecule has 0 fully saturated rings. The fourth-order valence-corrected chi connectivity index (χ4v) is 2.21. The molecular weight excluding hydrogens is 324 g/mol. The van der Waals surface area contributed by atoms with Gasteiger partial charge in [0.15, 0.2) is 5.78 Å². The van der Waals surface area contributed by atoms with E-state index < -0.39 is 0 Å². The monoisotopic (exact) mass is 340 g/mol. The number of ether oxygens (including phenoxy) is 3. The van der Waals surface area contributed by atoms with Crippen molar-refractivity contribution in [1.82, 2.24) is 0 Å². The van der Waals surface area contributed by atoms with Crippen molar-refractivity contribution in [3.05, 3.63) is 59.0 Å². The molecule has 0 saturated carbocycles. The Morgan fingerprint density at radius 1 is 1.04 bits per heavy atom. The first kappa shape index (κ1) is 16.6. The molecule has 1 heterocycles. The molecule has 0 atom stereocenters. The molecule has 6 nitrogen and oxygen atoms in total. The van der Waals surface area contributed by atoms with Crippen LogP contribution in [0.2, 0.25) is 0 Å². The van der Waals surface area contributed by atoms with Gasteiger partial charge in [0.05, 0.1) is 12.5 Å². The lowest BCUT2D eigenvalue weighted by Crippen LogP contribution is -2.07. The Labute approximate surface area is 143 Å². The van der Waals surface area contributed by atoms with E-state index >= 15 is 0 Å². The summed E-state index contributed by atoms with van der Waals surface area (Å²) >= 11 is 0. The Morgan fingerprint density at radius 3 is 2.40 bits per heavy atom. The van der Waals surface area contributed by atoms with Crippen LogP contribution in [0.15, 0.2) is 57.9 Å². The van der Waals surface area contributed by atoms with E-state index in [0.29, 0.717) is 28.2 Å². The molecule has 0 aliphatic heterocycles. The number of carbonyl (C=O) groups is 1. The molecule has 2 aromatic carbocycles. The van der Waals surface area contributed by atoms with Crippen LogP contribution in [0, 0.1) is 0 Å². The van der Waals surface area contributed by atoms with Crippen molar-refractivity contribution in [2.24, 2.45) is 0 Å². The largest absolute Gasteiger partial charge is 0.497 e. The maximum absolute atomic E-state index is 12.5. The van der Waals surface area contributed by atoms with E-state index in [9.17, 15) is 9.59 Å². The molecule has 0 bridgehead atoms. The molecule has 0 N–H and O–H groups in total. The van der Waals surface area contributed by atoms with Gasteiger partial charge >= 0.3 is 0 Å². The molecule has 0 spiro atoms. The molecule has 0 unspecified atom stereocenters. The van der Waals surface area contributed by atoms with Crippen LogP contribution >= 0.6 is 0 Å². The fourth-order valence-electron chi connectivity index (χ4n) is 2.21. The number of methoxy groups -OCH3 is 1. The quantitative estimate of drug-likeness (QED) is 0.683. The minimum Gasteiger partial charge on any atom is -0.497 e. The number of Topliss-reactive ketones (excluding diaryl/α,β-unsaturated/α-hetero) is 1. The number of ketones is 1. The summed E-state index contributed by atoms with van der Waals surface area (Å²) in [6, 6.07) is 11.6. The average Bonchev–Trinajstić information content (AvgIpc) is 2.63. The highest BCUT2D eigenvalue weighted by atomic mass is 16.5. The Morgan fingerprint density at radius 2 is 1.72 bits per heavy atom. The van der Waals surface area contributed by atoms with E-state index in [2.05, 4.69) is 0 Å². The first-order valence-electron chi connectivity index (χ1n) is 7.56. The van der Waals surface area contributed by atoms with Gasteiger partial charge in [-0.15, -0.1) is 0 Å². The van der Waals surface area contributed by atoms with Gasteiger partial charge in [0, 0.05) is 6.07 Å². The van der Waals surface area contributed by atoms with Crippen molar-refractivity contribution in [3.8, 4) is 23.0 Å². The van der Waals surface area contributed by atoms with Gasteiger partial charge in [-0.25, -0.2) is 0 Å². The molecule has 25 heavy (non-hydrogen) atoms. The molecule has 3 aromatic rings. The number of fused-ring (bicyclic) bond motifs is 1. The van der Waals surface area contributed by atoms with Crippen LogP contribution in [0.1, 0.15) is 6.92 Å². The summed E-state index contributed by atoms with van der Waals surface area (Å²) in [5.41, 5.74) is 0.0586. The number of hydrogen-bond donors (Lipinski definition) is 0. The van der Waals surface area contributed by atoms with Gasteiger partial charge in [-0.1, -0.05) is 0 Å². The van der Waals surface area contributed by atoms with E-state index in [1.807, 2.05) is 0 Å². The van der Waals surface area contributed by atoms with Crippen molar-refractivity contribution in [1.29, 1.82) is 0 Å². The van der Waals surface area contributed by atoms with Crippen LogP contribution in [0.5, 0.6) is 23.0 Å². The molecule has 0 amide bonds. The van der Waals surface area contributed by atoms with Crippen LogP contribution in [0.4, 0.5) is 0 Å². The topological polar surface area (TPSA) is 75.0 Å². The lowest BCUT2D eigenvalue weighted by molar-refractivity contribution is -0.118. The smallest absolute Gasteiger partial charge is 0.235 e. The van der Waals surface area contributed by atoms with E-state index in [4.69, 9.17) is 18.6 Å². The third kappa shape index (κ3) is 3.80. The molecule has 6 heteroatoms. The second-order valence-electron chi connectivity index (χ2n) is 5.36. The molecular formula is C19H16O6. The van der Waals surface area contributed by atoms with Crippen LogP contribution in [-0.4, -0.2) is 19.5 Å². The predicted octanol–water partition coefficient (Wildman–Crippen LogP) is 3.56. The Hall–Kier alpha value is -3.28. The first-order valence-corrected chi connectivity index (χ1v) is 7.56. The van der Waals surface area contributed by atoms with Gasteiger partial charge < -0.3 is 18.6 Å². The third-order valence-electron chi connectivity index (χ3n) is 3.44. The molecule has 0 aliphatic rings. The second kappa shape index (κ2) is 7.09. The van der Waals surface area contributed by atoms with E-state index in [1.54, 1.807) is 49.6 Å². The average molecular weight is 340 g/mol. The number of rotatable bonds is 6. The number of benzene rings is 2. The zero-order valence-corrected chi connectivity index (χ0v) is 13.8. The van der Waals surface area contributed by atoms with Crippen molar-refractivity contribution < 1.29 is 23.4 Å². The van der Waals surface area contributed by atoms with Gasteiger partial charge in [0.2, 0.25) is 11.2 Å². The summed E-state index contributed by atoms with van der Waals surface area (Å²) in [4.78, 5) is 23.5. The Kier molecular flexibility index (Phi) is 4.70. The highest BCUT2D eigenvalue weighted by Crippen LogP contribution is 2.25. The fraction of sp³-hybridized carbons (Fsp3) is 0.158. The summed E-state index contributed by atoms with van der Waals surface area (Å²) < 4.78 is 21.4. The molecule has 0 radical (unpaired) electrons. The van der Waals surface area contributed by atoms with Gasteiger partial charge in [-0.05, 0) is 43.3 Å². The SMILES string of the molecule is COc1ccc(Oc2coc3cc(OCC(C)=O)ccc3c2=O)cc1. The van der Waals surface area contributed by atoms with Crippen molar-refractivity contribution in [2.45, 2.75) is 6.92 Å².